The molecular weight excluding hydrogens is 188 g/mol. The van der Waals surface area contributed by atoms with Crippen molar-refractivity contribution in [2.24, 2.45) is 0 Å². The van der Waals surface area contributed by atoms with Gasteiger partial charge in [0, 0.05) is 5.56 Å². The van der Waals surface area contributed by atoms with E-state index in [9.17, 15) is 4.79 Å². The molecule has 3 nitrogen and oxygen atoms in total. The van der Waals surface area contributed by atoms with Crippen LogP contribution in [0.5, 0.6) is 0 Å². The minimum Gasteiger partial charge on any atom is -0.337 e. The Kier molecular flexibility index (Phi) is 3.46. The summed E-state index contributed by atoms with van der Waals surface area (Å²) in [7, 11) is 0. The van der Waals surface area contributed by atoms with Gasteiger partial charge in [-0.05, 0) is 38.0 Å². The van der Waals surface area contributed by atoms with Gasteiger partial charge in [0.1, 0.15) is 6.04 Å². The number of hydrogen-bond donors (Lipinski definition) is 1. The average molecular weight is 202 g/mol. The number of benzene rings is 1. The number of amides is 1. The number of carbonyl (C=O) groups is 1. The second kappa shape index (κ2) is 4.61. The average Bonchev–Trinajstić information content (AvgIpc) is 2.21. The minimum absolute atomic E-state index is 0.190. The summed E-state index contributed by atoms with van der Waals surface area (Å²) in [5, 5.41) is 11.2. The monoisotopic (exact) mass is 202 g/mol. The van der Waals surface area contributed by atoms with Gasteiger partial charge in [-0.15, -0.1) is 0 Å². The molecule has 0 aliphatic rings. The van der Waals surface area contributed by atoms with Crippen molar-refractivity contribution >= 4 is 5.91 Å². The Morgan fingerprint density at radius 3 is 2.73 bits per heavy atom. The third-order valence-electron chi connectivity index (χ3n) is 2.39. The van der Waals surface area contributed by atoms with Gasteiger partial charge in [-0.2, -0.15) is 5.26 Å². The first kappa shape index (κ1) is 11.3. The second-order valence-corrected chi connectivity index (χ2v) is 3.57. The lowest BCUT2D eigenvalue weighted by Crippen LogP contribution is -2.31. The lowest BCUT2D eigenvalue weighted by atomic mass is 10.0. The molecule has 0 saturated carbocycles. The molecular formula is C12H14N2O. The molecule has 0 aromatic heterocycles. The summed E-state index contributed by atoms with van der Waals surface area (Å²) in [6.07, 6.45) is 0. The molecule has 1 atom stereocenters. The highest BCUT2D eigenvalue weighted by Gasteiger charge is 2.11. The summed E-state index contributed by atoms with van der Waals surface area (Å²) in [4.78, 5) is 11.7. The van der Waals surface area contributed by atoms with Crippen LogP contribution in [0.3, 0.4) is 0 Å². The lowest BCUT2D eigenvalue weighted by molar-refractivity contribution is 0.0947. The third kappa shape index (κ3) is 2.57. The molecule has 0 saturated heterocycles. The first-order valence-electron chi connectivity index (χ1n) is 4.83. The van der Waals surface area contributed by atoms with Crippen LogP contribution in [0.15, 0.2) is 18.2 Å². The normalized spacial score (nSPS) is 11.6. The van der Waals surface area contributed by atoms with Crippen LogP contribution in [0.4, 0.5) is 0 Å². The number of carbonyl (C=O) groups excluding carboxylic acids is 1. The standard InChI is InChI=1S/C12H14N2O/c1-8-5-4-6-11(10(8)3)12(15)14-9(2)7-13/h4-6,9H,1-3H3,(H,14,15). The van der Waals surface area contributed by atoms with E-state index in [1.165, 1.54) is 0 Å². The van der Waals surface area contributed by atoms with Crippen LogP contribution in [0, 0.1) is 25.2 Å². The molecule has 0 bridgehead atoms. The molecule has 0 fully saturated rings. The number of nitrogens with one attached hydrogen (secondary N) is 1. The first-order chi connectivity index (χ1) is 7.06. The van der Waals surface area contributed by atoms with Gasteiger partial charge >= 0.3 is 0 Å². The molecule has 1 aromatic rings. The molecule has 78 valence electrons. The van der Waals surface area contributed by atoms with Gasteiger partial charge < -0.3 is 5.32 Å². The maximum absolute atomic E-state index is 11.7. The highest BCUT2D eigenvalue weighted by atomic mass is 16.1. The molecule has 1 unspecified atom stereocenters. The molecule has 1 aromatic carbocycles. The zero-order valence-corrected chi connectivity index (χ0v) is 9.16. The van der Waals surface area contributed by atoms with E-state index < -0.39 is 6.04 Å². The Morgan fingerprint density at radius 1 is 1.47 bits per heavy atom. The summed E-state index contributed by atoms with van der Waals surface area (Å²) in [6, 6.07) is 7.07. The Bertz CT molecular complexity index is 418. The summed E-state index contributed by atoms with van der Waals surface area (Å²) in [5.41, 5.74) is 2.67. The van der Waals surface area contributed by atoms with Gasteiger partial charge in [0.05, 0.1) is 6.07 Å². The first-order valence-corrected chi connectivity index (χ1v) is 4.83. The van der Waals surface area contributed by atoms with E-state index in [0.717, 1.165) is 11.1 Å². The van der Waals surface area contributed by atoms with Gasteiger partial charge in [-0.25, -0.2) is 0 Å². The zero-order chi connectivity index (χ0) is 11.4. The van der Waals surface area contributed by atoms with E-state index in [-0.39, 0.29) is 5.91 Å². The van der Waals surface area contributed by atoms with Crippen molar-refractivity contribution in [2.75, 3.05) is 0 Å². The number of nitriles is 1. The van der Waals surface area contributed by atoms with Crippen molar-refractivity contribution in [3.05, 3.63) is 34.9 Å². The number of aryl methyl sites for hydroxylation is 1. The van der Waals surface area contributed by atoms with Gasteiger partial charge in [0.15, 0.2) is 0 Å². The number of rotatable bonds is 2. The Balaban J connectivity index is 2.93. The molecule has 0 aliphatic heterocycles. The molecule has 0 heterocycles. The third-order valence-corrected chi connectivity index (χ3v) is 2.39. The van der Waals surface area contributed by atoms with Gasteiger partial charge in [-0.1, -0.05) is 12.1 Å². The summed E-state index contributed by atoms with van der Waals surface area (Å²) < 4.78 is 0. The molecule has 1 N–H and O–H groups in total. The van der Waals surface area contributed by atoms with Crippen molar-refractivity contribution in [2.45, 2.75) is 26.8 Å². The van der Waals surface area contributed by atoms with E-state index in [0.29, 0.717) is 5.56 Å². The van der Waals surface area contributed by atoms with Crippen LogP contribution < -0.4 is 5.32 Å². The zero-order valence-electron chi connectivity index (χ0n) is 9.16. The van der Waals surface area contributed by atoms with Crippen molar-refractivity contribution in [1.82, 2.24) is 5.32 Å². The Labute approximate surface area is 89.7 Å². The SMILES string of the molecule is Cc1cccc(C(=O)NC(C)C#N)c1C. The topological polar surface area (TPSA) is 52.9 Å². The van der Waals surface area contributed by atoms with Gasteiger partial charge in [-0.3, -0.25) is 4.79 Å². The van der Waals surface area contributed by atoms with E-state index in [4.69, 9.17) is 5.26 Å². The van der Waals surface area contributed by atoms with Crippen LogP contribution in [0.2, 0.25) is 0 Å². The highest BCUT2D eigenvalue weighted by molar-refractivity contribution is 5.96. The Morgan fingerprint density at radius 2 is 2.13 bits per heavy atom. The summed E-state index contributed by atoms with van der Waals surface area (Å²) in [6.45, 7) is 5.52. The summed E-state index contributed by atoms with van der Waals surface area (Å²) in [5.74, 6) is -0.190. The fraction of sp³-hybridized carbons (Fsp3) is 0.333. The smallest absolute Gasteiger partial charge is 0.252 e. The predicted octanol–water partition coefficient (Wildman–Crippen LogP) is 1.95. The molecule has 1 amide bonds. The molecule has 15 heavy (non-hydrogen) atoms. The maximum atomic E-state index is 11.7. The molecule has 3 heteroatoms. The quantitative estimate of drug-likeness (QED) is 0.796. The lowest BCUT2D eigenvalue weighted by Gasteiger charge is -2.10. The molecule has 1 rings (SSSR count). The van der Waals surface area contributed by atoms with Crippen LogP contribution >= 0.6 is 0 Å². The largest absolute Gasteiger partial charge is 0.337 e. The number of nitrogens with zero attached hydrogens (tertiary/aromatic N) is 1. The fourth-order valence-corrected chi connectivity index (χ4v) is 1.30. The van der Waals surface area contributed by atoms with Crippen molar-refractivity contribution in [3.63, 3.8) is 0 Å². The van der Waals surface area contributed by atoms with E-state index in [2.05, 4.69) is 5.32 Å². The minimum atomic E-state index is -0.461. The van der Waals surface area contributed by atoms with E-state index >= 15 is 0 Å². The van der Waals surface area contributed by atoms with Crippen molar-refractivity contribution in [3.8, 4) is 6.07 Å². The predicted molar refractivity (Wildman–Crippen MR) is 58.5 cm³/mol. The van der Waals surface area contributed by atoms with Crippen LogP contribution in [-0.4, -0.2) is 11.9 Å². The van der Waals surface area contributed by atoms with Gasteiger partial charge in [0.25, 0.3) is 5.91 Å². The molecule has 0 radical (unpaired) electrons. The van der Waals surface area contributed by atoms with E-state index in [1.807, 2.05) is 32.0 Å². The highest BCUT2D eigenvalue weighted by Crippen LogP contribution is 2.12. The van der Waals surface area contributed by atoms with Crippen LogP contribution in [-0.2, 0) is 0 Å². The van der Waals surface area contributed by atoms with Crippen molar-refractivity contribution < 1.29 is 4.79 Å². The second-order valence-electron chi connectivity index (χ2n) is 3.57. The van der Waals surface area contributed by atoms with Crippen LogP contribution in [0.25, 0.3) is 0 Å². The van der Waals surface area contributed by atoms with Gasteiger partial charge in [0.2, 0.25) is 0 Å². The maximum Gasteiger partial charge on any atom is 0.252 e. The van der Waals surface area contributed by atoms with Crippen LogP contribution in [0.1, 0.15) is 28.4 Å². The fourth-order valence-electron chi connectivity index (χ4n) is 1.30. The summed E-state index contributed by atoms with van der Waals surface area (Å²) >= 11 is 0. The van der Waals surface area contributed by atoms with E-state index in [1.54, 1.807) is 13.0 Å². The molecule has 0 aliphatic carbocycles. The van der Waals surface area contributed by atoms with Crippen molar-refractivity contribution in [1.29, 1.82) is 5.26 Å². The number of hydrogen-bond acceptors (Lipinski definition) is 2. The molecule has 0 spiro atoms. The Hall–Kier alpha value is -1.82.